The van der Waals surface area contributed by atoms with E-state index in [-0.39, 0.29) is 12.0 Å². The third-order valence-corrected chi connectivity index (χ3v) is 4.50. The Morgan fingerprint density at radius 3 is 2.55 bits per heavy atom. The van der Waals surface area contributed by atoms with Crippen molar-refractivity contribution in [2.24, 2.45) is 0 Å². The van der Waals surface area contributed by atoms with Gasteiger partial charge in [-0.25, -0.2) is 0 Å². The van der Waals surface area contributed by atoms with Crippen LogP contribution in [0.5, 0.6) is 5.75 Å². The average molecular weight is 304 g/mol. The van der Waals surface area contributed by atoms with Gasteiger partial charge in [0.2, 0.25) is 5.91 Å². The molecule has 1 aromatic carbocycles. The first-order chi connectivity index (χ1) is 10.8. The molecule has 0 bridgehead atoms. The van der Waals surface area contributed by atoms with Crippen LogP contribution in [0.15, 0.2) is 24.3 Å². The van der Waals surface area contributed by atoms with Gasteiger partial charge in [0.25, 0.3) is 0 Å². The molecule has 2 fully saturated rings. The van der Waals surface area contributed by atoms with Crippen LogP contribution in [0, 0.1) is 0 Å². The second kappa shape index (κ2) is 7.01. The molecule has 1 amide bonds. The average Bonchev–Trinajstić information content (AvgIpc) is 3.08. The number of piperazine rings is 1. The van der Waals surface area contributed by atoms with Crippen molar-refractivity contribution in [2.75, 3.05) is 44.8 Å². The Kier molecular flexibility index (Phi) is 4.83. The third kappa shape index (κ3) is 3.53. The monoisotopic (exact) mass is 304 g/mol. The van der Waals surface area contributed by atoms with Crippen molar-refractivity contribution in [3.8, 4) is 5.75 Å². The van der Waals surface area contributed by atoms with E-state index in [9.17, 15) is 4.79 Å². The van der Waals surface area contributed by atoms with Crippen molar-refractivity contribution in [1.82, 2.24) is 4.90 Å². The molecule has 0 saturated carbocycles. The maximum atomic E-state index is 12.3. The fourth-order valence-corrected chi connectivity index (χ4v) is 3.14. The molecule has 0 spiro atoms. The van der Waals surface area contributed by atoms with Crippen molar-refractivity contribution in [2.45, 2.75) is 25.4 Å². The first-order valence-electron chi connectivity index (χ1n) is 8.04. The zero-order chi connectivity index (χ0) is 15.4. The number of ether oxygens (including phenoxy) is 2. The molecule has 2 heterocycles. The van der Waals surface area contributed by atoms with Gasteiger partial charge in [-0.15, -0.1) is 0 Å². The third-order valence-electron chi connectivity index (χ3n) is 4.50. The van der Waals surface area contributed by atoms with Crippen molar-refractivity contribution < 1.29 is 14.3 Å². The summed E-state index contributed by atoms with van der Waals surface area (Å²) in [6, 6.07) is 8.10. The summed E-state index contributed by atoms with van der Waals surface area (Å²) in [7, 11) is 1.67. The Bertz CT molecular complexity index is 489. The Balaban J connectivity index is 1.49. The predicted molar refractivity (Wildman–Crippen MR) is 85.4 cm³/mol. The van der Waals surface area contributed by atoms with E-state index in [0.717, 1.165) is 51.4 Å². The zero-order valence-corrected chi connectivity index (χ0v) is 13.2. The van der Waals surface area contributed by atoms with Gasteiger partial charge in [-0.2, -0.15) is 0 Å². The highest BCUT2D eigenvalue weighted by Gasteiger charge is 2.25. The van der Waals surface area contributed by atoms with E-state index >= 15 is 0 Å². The number of rotatable bonds is 4. The van der Waals surface area contributed by atoms with Crippen LogP contribution in [-0.4, -0.2) is 56.8 Å². The second-order valence-electron chi connectivity index (χ2n) is 5.91. The molecular weight excluding hydrogens is 280 g/mol. The van der Waals surface area contributed by atoms with Gasteiger partial charge >= 0.3 is 0 Å². The van der Waals surface area contributed by atoms with Gasteiger partial charge in [-0.3, -0.25) is 4.79 Å². The lowest BCUT2D eigenvalue weighted by Crippen LogP contribution is -2.49. The number of amides is 1. The molecule has 1 unspecified atom stereocenters. The lowest BCUT2D eigenvalue weighted by molar-refractivity contribution is -0.133. The minimum absolute atomic E-state index is 0.145. The first kappa shape index (κ1) is 15.2. The number of anilines is 1. The van der Waals surface area contributed by atoms with Crippen LogP contribution in [0.3, 0.4) is 0 Å². The maximum Gasteiger partial charge on any atom is 0.225 e. The summed E-state index contributed by atoms with van der Waals surface area (Å²) in [5.74, 6) is 1.11. The van der Waals surface area contributed by atoms with Crippen LogP contribution >= 0.6 is 0 Å². The molecule has 0 aliphatic carbocycles. The summed E-state index contributed by atoms with van der Waals surface area (Å²) in [6.45, 7) is 4.14. The SMILES string of the molecule is COc1ccc(N2CCN(C(=O)CC3CCCO3)CC2)cc1. The number of carbonyl (C=O) groups is 1. The normalized spacial score (nSPS) is 22.0. The van der Waals surface area contributed by atoms with E-state index in [1.807, 2.05) is 17.0 Å². The molecule has 22 heavy (non-hydrogen) atoms. The quantitative estimate of drug-likeness (QED) is 0.852. The van der Waals surface area contributed by atoms with Crippen LogP contribution in [0.1, 0.15) is 19.3 Å². The second-order valence-corrected chi connectivity index (χ2v) is 5.91. The number of methoxy groups -OCH3 is 1. The number of carbonyl (C=O) groups excluding carboxylic acids is 1. The molecule has 0 N–H and O–H groups in total. The fraction of sp³-hybridized carbons (Fsp3) is 0.588. The molecule has 1 aromatic rings. The van der Waals surface area contributed by atoms with Gasteiger partial charge in [0, 0.05) is 38.5 Å². The zero-order valence-electron chi connectivity index (χ0n) is 13.2. The molecule has 0 aromatic heterocycles. The van der Waals surface area contributed by atoms with E-state index in [4.69, 9.17) is 9.47 Å². The van der Waals surface area contributed by atoms with Crippen molar-refractivity contribution in [3.63, 3.8) is 0 Å². The maximum absolute atomic E-state index is 12.3. The van der Waals surface area contributed by atoms with Crippen molar-refractivity contribution >= 4 is 11.6 Å². The van der Waals surface area contributed by atoms with Crippen LogP contribution in [0.25, 0.3) is 0 Å². The minimum Gasteiger partial charge on any atom is -0.497 e. The Morgan fingerprint density at radius 1 is 1.23 bits per heavy atom. The lowest BCUT2D eigenvalue weighted by Gasteiger charge is -2.36. The lowest BCUT2D eigenvalue weighted by atomic mass is 10.1. The molecule has 0 radical (unpaired) electrons. The molecule has 120 valence electrons. The standard InChI is InChI=1S/C17H24N2O3/c1-21-15-6-4-14(5-7-15)18-8-10-19(11-9-18)17(20)13-16-3-2-12-22-16/h4-7,16H,2-3,8-13H2,1H3. The van der Waals surface area contributed by atoms with Crippen molar-refractivity contribution in [1.29, 1.82) is 0 Å². The van der Waals surface area contributed by atoms with Gasteiger partial charge in [0.15, 0.2) is 0 Å². The molecule has 1 atom stereocenters. The predicted octanol–water partition coefficient (Wildman–Crippen LogP) is 1.91. The van der Waals surface area contributed by atoms with Gasteiger partial charge in [-0.1, -0.05) is 0 Å². The van der Waals surface area contributed by atoms with Gasteiger partial charge in [0.05, 0.1) is 19.6 Å². The van der Waals surface area contributed by atoms with Crippen molar-refractivity contribution in [3.05, 3.63) is 24.3 Å². The molecular formula is C17H24N2O3. The topological polar surface area (TPSA) is 42.0 Å². The van der Waals surface area contributed by atoms with E-state index in [1.54, 1.807) is 7.11 Å². The fourth-order valence-electron chi connectivity index (χ4n) is 3.14. The summed E-state index contributed by atoms with van der Waals surface area (Å²) in [6.07, 6.45) is 2.80. The molecule has 5 nitrogen and oxygen atoms in total. The number of hydrogen-bond donors (Lipinski definition) is 0. The van der Waals surface area contributed by atoms with Gasteiger partial charge < -0.3 is 19.3 Å². The highest BCUT2D eigenvalue weighted by molar-refractivity contribution is 5.77. The van der Waals surface area contributed by atoms with Gasteiger partial charge in [0.1, 0.15) is 5.75 Å². The largest absolute Gasteiger partial charge is 0.497 e. The first-order valence-corrected chi connectivity index (χ1v) is 8.04. The molecule has 2 saturated heterocycles. The highest BCUT2D eigenvalue weighted by Crippen LogP contribution is 2.21. The Labute approximate surface area is 131 Å². The summed E-state index contributed by atoms with van der Waals surface area (Å²) in [5, 5.41) is 0. The molecule has 2 aliphatic heterocycles. The van der Waals surface area contributed by atoms with Crippen LogP contribution in [0.2, 0.25) is 0 Å². The highest BCUT2D eigenvalue weighted by atomic mass is 16.5. The number of benzene rings is 1. The summed E-state index contributed by atoms with van der Waals surface area (Å²) >= 11 is 0. The molecule has 3 rings (SSSR count). The van der Waals surface area contributed by atoms with Gasteiger partial charge in [-0.05, 0) is 37.1 Å². The van der Waals surface area contributed by atoms with E-state index in [1.165, 1.54) is 5.69 Å². The van der Waals surface area contributed by atoms with E-state index in [0.29, 0.717) is 6.42 Å². The molecule has 5 heteroatoms. The van der Waals surface area contributed by atoms with E-state index < -0.39 is 0 Å². The molecule has 2 aliphatic rings. The summed E-state index contributed by atoms with van der Waals surface area (Å²) in [5.41, 5.74) is 1.19. The number of nitrogens with zero attached hydrogens (tertiary/aromatic N) is 2. The van der Waals surface area contributed by atoms with E-state index in [2.05, 4.69) is 17.0 Å². The minimum atomic E-state index is 0.145. The summed E-state index contributed by atoms with van der Waals surface area (Å²) in [4.78, 5) is 16.6. The summed E-state index contributed by atoms with van der Waals surface area (Å²) < 4.78 is 10.7. The van der Waals surface area contributed by atoms with Crippen LogP contribution in [-0.2, 0) is 9.53 Å². The smallest absolute Gasteiger partial charge is 0.225 e. The Morgan fingerprint density at radius 2 is 1.95 bits per heavy atom. The van der Waals surface area contributed by atoms with Crippen LogP contribution < -0.4 is 9.64 Å². The number of hydrogen-bond acceptors (Lipinski definition) is 4. The Hall–Kier alpha value is -1.75. The van der Waals surface area contributed by atoms with Crippen LogP contribution in [0.4, 0.5) is 5.69 Å².